The van der Waals surface area contributed by atoms with Gasteiger partial charge < -0.3 is 15.2 Å². The number of aromatic nitrogens is 3. The highest BCUT2D eigenvalue weighted by molar-refractivity contribution is 5.54. The summed E-state index contributed by atoms with van der Waals surface area (Å²) in [7, 11) is 0. The van der Waals surface area contributed by atoms with Gasteiger partial charge in [0.05, 0.1) is 23.6 Å². The van der Waals surface area contributed by atoms with Crippen molar-refractivity contribution in [2.75, 3.05) is 17.2 Å². The molecule has 0 aromatic carbocycles. The number of rotatable bonds is 7. The van der Waals surface area contributed by atoms with Gasteiger partial charge in [-0.05, 0) is 13.3 Å². The first-order chi connectivity index (χ1) is 10.1. The van der Waals surface area contributed by atoms with Gasteiger partial charge in [-0.2, -0.15) is 4.98 Å². The molecule has 9 nitrogen and oxygen atoms in total. The van der Waals surface area contributed by atoms with Gasteiger partial charge in [-0.3, -0.25) is 10.1 Å². The molecule has 2 rings (SSSR count). The van der Waals surface area contributed by atoms with Crippen molar-refractivity contribution in [1.29, 1.82) is 0 Å². The fourth-order valence-corrected chi connectivity index (χ4v) is 1.63. The van der Waals surface area contributed by atoms with Gasteiger partial charge >= 0.3 is 0 Å². The van der Waals surface area contributed by atoms with E-state index in [1.54, 1.807) is 6.92 Å². The first-order valence-electron chi connectivity index (χ1n) is 6.52. The zero-order valence-corrected chi connectivity index (χ0v) is 11.8. The van der Waals surface area contributed by atoms with Gasteiger partial charge in [0, 0.05) is 6.54 Å². The van der Waals surface area contributed by atoms with E-state index in [9.17, 15) is 10.1 Å². The molecule has 0 unspecified atom stereocenters. The van der Waals surface area contributed by atoms with Crippen LogP contribution in [0.25, 0.3) is 0 Å². The topological polar surface area (TPSA) is 119 Å². The van der Waals surface area contributed by atoms with E-state index in [2.05, 4.69) is 25.8 Å². The molecule has 2 heterocycles. The van der Waals surface area contributed by atoms with Crippen LogP contribution in [0.15, 0.2) is 16.7 Å². The molecular weight excluding hydrogens is 276 g/mol. The van der Waals surface area contributed by atoms with Crippen molar-refractivity contribution in [2.24, 2.45) is 0 Å². The van der Waals surface area contributed by atoms with Crippen LogP contribution in [0, 0.1) is 17.0 Å². The van der Waals surface area contributed by atoms with E-state index in [0.29, 0.717) is 29.9 Å². The van der Waals surface area contributed by atoms with E-state index in [-0.39, 0.29) is 12.2 Å². The van der Waals surface area contributed by atoms with Crippen LogP contribution in [0.4, 0.5) is 17.3 Å². The molecule has 0 aliphatic carbocycles. The molecule has 0 saturated heterocycles. The molecule has 0 fully saturated rings. The van der Waals surface area contributed by atoms with E-state index in [0.717, 1.165) is 6.42 Å². The average Bonchev–Trinajstić information content (AvgIpc) is 2.88. The molecule has 0 radical (unpaired) electrons. The van der Waals surface area contributed by atoms with Crippen molar-refractivity contribution in [3.8, 4) is 0 Å². The number of hydrogen-bond acceptors (Lipinski definition) is 8. The van der Waals surface area contributed by atoms with Crippen molar-refractivity contribution in [1.82, 2.24) is 15.1 Å². The fourth-order valence-electron chi connectivity index (χ4n) is 1.63. The third-order valence-corrected chi connectivity index (χ3v) is 2.57. The number of anilines is 2. The number of hydrogen-bond donors (Lipinski definition) is 2. The number of nitrogens with zero attached hydrogens (tertiary/aromatic N) is 4. The van der Waals surface area contributed by atoms with Crippen LogP contribution in [0.1, 0.15) is 25.1 Å². The Morgan fingerprint density at radius 1 is 1.29 bits per heavy atom. The van der Waals surface area contributed by atoms with E-state index < -0.39 is 4.92 Å². The molecule has 0 aliphatic rings. The van der Waals surface area contributed by atoms with Crippen molar-refractivity contribution in [3.05, 3.63) is 34.0 Å². The summed E-state index contributed by atoms with van der Waals surface area (Å²) in [5.74, 6) is 1.75. The summed E-state index contributed by atoms with van der Waals surface area (Å²) in [5, 5.41) is 20.6. The second-order valence-corrected chi connectivity index (χ2v) is 4.37. The van der Waals surface area contributed by atoms with Crippen molar-refractivity contribution in [3.63, 3.8) is 0 Å². The molecule has 0 bridgehead atoms. The Hall–Kier alpha value is -2.71. The van der Waals surface area contributed by atoms with Crippen molar-refractivity contribution in [2.45, 2.75) is 26.8 Å². The Bertz CT molecular complexity index is 627. The highest BCUT2D eigenvalue weighted by Gasteiger charge is 2.12. The lowest BCUT2D eigenvalue weighted by atomic mass is 10.3. The van der Waals surface area contributed by atoms with Gasteiger partial charge in [0.25, 0.3) is 5.69 Å². The first-order valence-corrected chi connectivity index (χ1v) is 6.52. The van der Waals surface area contributed by atoms with Crippen LogP contribution >= 0.6 is 0 Å². The fraction of sp³-hybridized carbons (Fsp3) is 0.417. The normalized spacial score (nSPS) is 10.4. The number of pyridine rings is 1. The van der Waals surface area contributed by atoms with Crippen LogP contribution in [0.2, 0.25) is 0 Å². The second kappa shape index (κ2) is 6.64. The summed E-state index contributed by atoms with van der Waals surface area (Å²) >= 11 is 0. The molecule has 2 aromatic rings. The smallest absolute Gasteiger partial charge is 0.276 e. The van der Waals surface area contributed by atoms with E-state index in [1.807, 2.05) is 6.92 Å². The predicted molar refractivity (Wildman–Crippen MR) is 76.0 cm³/mol. The first kappa shape index (κ1) is 14.7. The van der Waals surface area contributed by atoms with Crippen molar-refractivity contribution < 1.29 is 9.45 Å². The summed E-state index contributed by atoms with van der Waals surface area (Å²) in [4.78, 5) is 18.8. The maximum atomic E-state index is 10.9. The van der Waals surface area contributed by atoms with Gasteiger partial charge in [-0.1, -0.05) is 12.1 Å². The number of aryl methyl sites for hydroxylation is 1. The van der Waals surface area contributed by atoms with Gasteiger partial charge in [0.15, 0.2) is 5.82 Å². The zero-order valence-electron chi connectivity index (χ0n) is 11.8. The van der Waals surface area contributed by atoms with Gasteiger partial charge in [0.1, 0.15) is 11.6 Å². The molecule has 9 heteroatoms. The van der Waals surface area contributed by atoms with E-state index >= 15 is 0 Å². The maximum Gasteiger partial charge on any atom is 0.276 e. The monoisotopic (exact) mass is 292 g/mol. The standard InChI is InChI=1S/C12H16N6O3/c1-3-4-13-10-5-9(18(19)20)6-11(16-10)14-7-12-15-8(2)17-21-12/h5-6H,3-4,7H2,1-2H3,(H2,13,14,16). The highest BCUT2D eigenvalue weighted by atomic mass is 16.6. The molecule has 0 spiro atoms. The molecule has 2 N–H and O–H groups in total. The molecule has 0 amide bonds. The lowest BCUT2D eigenvalue weighted by molar-refractivity contribution is -0.384. The summed E-state index contributed by atoms with van der Waals surface area (Å²) < 4.78 is 4.96. The SMILES string of the molecule is CCCNc1cc([N+](=O)[O-])cc(NCc2nc(C)no2)n1. The largest absolute Gasteiger partial charge is 0.370 e. The predicted octanol–water partition coefficient (Wildman–Crippen LogP) is 2.12. The molecular formula is C12H16N6O3. The van der Waals surface area contributed by atoms with Gasteiger partial charge in [-0.15, -0.1) is 0 Å². The van der Waals surface area contributed by atoms with Crippen LogP contribution in [0.5, 0.6) is 0 Å². The van der Waals surface area contributed by atoms with Gasteiger partial charge in [-0.25, -0.2) is 4.98 Å². The molecule has 0 atom stereocenters. The molecule has 0 saturated carbocycles. The molecule has 2 aromatic heterocycles. The summed E-state index contributed by atoms with van der Waals surface area (Å²) in [6.45, 7) is 4.66. The Labute approximate surface area is 120 Å². The third kappa shape index (κ3) is 4.13. The molecule has 0 aliphatic heterocycles. The minimum atomic E-state index is -0.458. The lowest BCUT2D eigenvalue weighted by Crippen LogP contribution is -2.07. The summed E-state index contributed by atoms with van der Waals surface area (Å²) in [6, 6.07) is 2.76. The van der Waals surface area contributed by atoms with Crippen LogP contribution in [-0.2, 0) is 6.54 Å². The third-order valence-electron chi connectivity index (χ3n) is 2.57. The zero-order chi connectivity index (χ0) is 15.2. The van der Waals surface area contributed by atoms with Gasteiger partial charge in [0.2, 0.25) is 5.89 Å². The Morgan fingerprint density at radius 3 is 2.57 bits per heavy atom. The second-order valence-electron chi connectivity index (χ2n) is 4.37. The number of nitro groups is 1. The number of nitrogens with one attached hydrogen (secondary N) is 2. The summed E-state index contributed by atoms with van der Waals surface area (Å²) in [6.07, 6.45) is 0.897. The van der Waals surface area contributed by atoms with Crippen LogP contribution in [-0.4, -0.2) is 26.6 Å². The highest BCUT2D eigenvalue weighted by Crippen LogP contribution is 2.21. The quantitative estimate of drug-likeness (QED) is 0.588. The Balaban J connectivity index is 2.12. The Morgan fingerprint density at radius 2 is 2.00 bits per heavy atom. The minimum absolute atomic E-state index is 0.0344. The lowest BCUT2D eigenvalue weighted by Gasteiger charge is -2.07. The summed E-state index contributed by atoms with van der Waals surface area (Å²) in [5.41, 5.74) is -0.0344. The molecule has 112 valence electrons. The molecule has 21 heavy (non-hydrogen) atoms. The average molecular weight is 292 g/mol. The van der Waals surface area contributed by atoms with E-state index in [1.165, 1.54) is 12.1 Å². The minimum Gasteiger partial charge on any atom is -0.370 e. The Kier molecular flexibility index (Phi) is 4.64. The van der Waals surface area contributed by atoms with Crippen LogP contribution < -0.4 is 10.6 Å². The van der Waals surface area contributed by atoms with Crippen molar-refractivity contribution >= 4 is 17.3 Å². The van der Waals surface area contributed by atoms with E-state index in [4.69, 9.17) is 4.52 Å². The maximum absolute atomic E-state index is 10.9. The van der Waals surface area contributed by atoms with Crippen LogP contribution in [0.3, 0.4) is 0 Å².